The molecule has 0 bridgehead atoms. The maximum atomic E-state index is 12.3. The molecule has 0 aromatic heterocycles. The van der Waals surface area contributed by atoms with E-state index < -0.39 is 6.10 Å². The van der Waals surface area contributed by atoms with E-state index in [4.69, 9.17) is 27.9 Å². The summed E-state index contributed by atoms with van der Waals surface area (Å²) >= 11 is 11.9. The molecule has 0 aliphatic heterocycles. The van der Waals surface area contributed by atoms with E-state index in [2.05, 4.69) is 5.32 Å². The molecule has 24 heavy (non-hydrogen) atoms. The third kappa shape index (κ3) is 3.81. The van der Waals surface area contributed by atoms with Crippen LogP contribution in [0.1, 0.15) is 6.92 Å². The lowest BCUT2D eigenvalue weighted by Gasteiger charge is -2.16. The van der Waals surface area contributed by atoms with Gasteiger partial charge in [-0.25, -0.2) is 0 Å². The van der Waals surface area contributed by atoms with Gasteiger partial charge in [-0.2, -0.15) is 0 Å². The molecule has 3 rings (SSSR count). The molecule has 5 heteroatoms. The Morgan fingerprint density at radius 2 is 1.75 bits per heavy atom. The molecule has 0 saturated carbocycles. The van der Waals surface area contributed by atoms with Crippen molar-refractivity contribution >= 4 is 45.6 Å². The first-order valence-corrected chi connectivity index (χ1v) is 8.20. The molecule has 122 valence electrons. The van der Waals surface area contributed by atoms with Gasteiger partial charge in [-0.1, -0.05) is 53.5 Å². The van der Waals surface area contributed by atoms with E-state index in [9.17, 15) is 4.79 Å². The fourth-order valence-corrected chi connectivity index (χ4v) is 2.78. The Bertz CT molecular complexity index is 895. The molecule has 0 heterocycles. The molecule has 3 nitrogen and oxygen atoms in total. The van der Waals surface area contributed by atoms with Crippen molar-refractivity contribution in [1.29, 1.82) is 0 Å². The first-order chi connectivity index (χ1) is 11.5. The molecule has 0 unspecified atom stereocenters. The lowest BCUT2D eigenvalue weighted by Crippen LogP contribution is -2.30. The maximum Gasteiger partial charge on any atom is 0.265 e. The fourth-order valence-electron chi connectivity index (χ4n) is 2.33. The minimum atomic E-state index is -0.699. The summed E-state index contributed by atoms with van der Waals surface area (Å²) in [5, 5.41) is 5.91. The highest BCUT2D eigenvalue weighted by molar-refractivity contribution is 6.35. The van der Waals surface area contributed by atoms with E-state index in [0.717, 1.165) is 16.5 Å². The van der Waals surface area contributed by atoms with E-state index in [0.29, 0.717) is 15.8 Å². The molecule has 3 aromatic rings. The molecule has 1 amide bonds. The molecule has 0 saturated heterocycles. The van der Waals surface area contributed by atoms with Gasteiger partial charge in [-0.15, -0.1) is 0 Å². The summed E-state index contributed by atoms with van der Waals surface area (Å²) in [5.41, 5.74) is 0.719. The second-order valence-electron chi connectivity index (χ2n) is 5.39. The molecule has 0 aliphatic carbocycles. The number of ether oxygens (including phenoxy) is 1. The number of hydrogen-bond acceptors (Lipinski definition) is 2. The lowest BCUT2D eigenvalue weighted by atomic mass is 10.1. The number of carbonyl (C=O) groups is 1. The highest BCUT2D eigenvalue weighted by Gasteiger charge is 2.16. The standard InChI is InChI=1S/C19H15Cl2NO2/c1-12(24-18-9-7-15(20)11-17(18)21)19(23)22-16-8-6-13-4-2-3-5-14(13)10-16/h2-12H,1H3,(H,22,23)/t12-/m1/s1. The molecular formula is C19H15Cl2NO2. The molecule has 0 radical (unpaired) electrons. The Hall–Kier alpha value is -2.23. The van der Waals surface area contributed by atoms with Crippen LogP contribution in [0.15, 0.2) is 60.7 Å². The summed E-state index contributed by atoms with van der Waals surface area (Å²) in [4.78, 5) is 12.3. The van der Waals surface area contributed by atoms with Crippen LogP contribution in [0.25, 0.3) is 10.8 Å². The smallest absolute Gasteiger partial charge is 0.265 e. The number of amides is 1. The number of rotatable bonds is 4. The Morgan fingerprint density at radius 3 is 2.50 bits per heavy atom. The van der Waals surface area contributed by atoms with Crippen molar-refractivity contribution in [3.63, 3.8) is 0 Å². The van der Waals surface area contributed by atoms with Crippen LogP contribution in [-0.4, -0.2) is 12.0 Å². The average molecular weight is 360 g/mol. The molecule has 1 atom stereocenters. The number of halogens is 2. The topological polar surface area (TPSA) is 38.3 Å². The van der Waals surface area contributed by atoms with E-state index >= 15 is 0 Å². The lowest BCUT2D eigenvalue weighted by molar-refractivity contribution is -0.122. The van der Waals surface area contributed by atoms with Gasteiger partial charge in [0.05, 0.1) is 5.02 Å². The van der Waals surface area contributed by atoms with Crippen LogP contribution in [0.4, 0.5) is 5.69 Å². The molecular weight excluding hydrogens is 345 g/mol. The van der Waals surface area contributed by atoms with E-state index in [-0.39, 0.29) is 5.91 Å². The SMILES string of the molecule is C[C@@H](Oc1ccc(Cl)cc1Cl)C(=O)Nc1ccc2ccccc2c1. The van der Waals surface area contributed by atoms with Crippen molar-refractivity contribution in [3.8, 4) is 5.75 Å². The minimum Gasteiger partial charge on any atom is -0.479 e. The monoisotopic (exact) mass is 359 g/mol. The highest BCUT2D eigenvalue weighted by Crippen LogP contribution is 2.28. The van der Waals surface area contributed by atoms with Crippen molar-refractivity contribution < 1.29 is 9.53 Å². The van der Waals surface area contributed by atoms with Gasteiger partial charge in [0.25, 0.3) is 5.91 Å². The zero-order chi connectivity index (χ0) is 17.1. The normalized spacial score (nSPS) is 12.0. The largest absolute Gasteiger partial charge is 0.479 e. The van der Waals surface area contributed by atoms with Crippen LogP contribution >= 0.6 is 23.2 Å². The Kier molecular flexibility index (Phi) is 4.93. The predicted octanol–water partition coefficient (Wildman–Crippen LogP) is 5.55. The van der Waals surface area contributed by atoms with Crippen LogP contribution < -0.4 is 10.1 Å². The summed E-state index contributed by atoms with van der Waals surface area (Å²) in [6.07, 6.45) is -0.699. The van der Waals surface area contributed by atoms with Gasteiger partial charge >= 0.3 is 0 Å². The first-order valence-electron chi connectivity index (χ1n) is 7.44. The summed E-state index contributed by atoms with van der Waals surface area (Å²) in [6.45, 7) is 1.67. The van der Waals surface area contributed by atoms with Gasteiger partial charge in [0.2, 0.25) is 0 Å². The van der Waals surface area contributed by atoms with E-state index in [1.807, 2.05) is 42.5 Å². The molecule has 0 fully saturated rings. The van der Waals surface area contributed by atoms with Crippen molar-refractivity contribution in [2.75, 3.05) is 5.32 Å². The number of carbonyl (C=O) groups excluding carboxylic acids is 1. The quantitative estimate of drug-likeness (QED) is 0.662. The minimum absolute atomic E-state index is 0.253. The number of hydrogen-bond donors (Lipinski definition) is 1. The third-order valence-corrected chi connectivity index (χ3v) is 4.11. The third-order valence-electron chi connectivity index (χ3n) is 3.58. The summed E-state index contributed by atoms with van der Waals surface area (Å²) in [7, 11) is 0. The summed E-state index contributed by atoms with van der Waals surface area (Å²) in [6, 6.07) is 18.6. The van der Waals surface area contributed by atoms with Crippen LogP contribution in [-0.2, 0) is 4.79 Å². The number of nitrogens with one attached hydrogen (secondary N) is 1. The van der Waals surface area contributed by atoms with Gasteiger partial charge in [0.15, 0.2) is 6.10 Å². The predicted molar refractivity (Wildman–Crippen MR) is 99.1 cm³/mol. The zero-order valence-electron chi connectivity index (χ0n) is 12.9. The van der Waals surface area contributed by atoms with Gasteiger partial charge < -0.3 is 10.1 Å². The molecule has 1 N–H and O–H groups in total. The van der Waals surface area contributed by atoms with Crippen molar-refractivity contribution in [2.24, 2.45) is 0 Å². The zero-order valence-corrected chi connectivity index (χ0v) is 14.4. The Morgan fingerprint density at radius 1 is 1.00 bits per heavy atom. The van der Waals surface area contributed by atoms with E-state index in [1.54, 1.807) is 25.1 Å². The highest BCUT2D eigenvalue weighted by atomic mass is 35.5. The van der Waals surface area contributed by atoms with Gasteiger partial charge in [0.1, 0.15) is 5.75 Å². The van der Waals surface area contributed by atoms with Gasteiger partial charge in [-0.3, -0.25) is 4.79 Å². The second kappa shape index (κ2) is 7.12. The van der Waals surface area contributed by atoms with Crippen LogP contribution in [0.3, 0.4) is 0 Å². The van der Waals surface area contributed by atoms with E-state index in [1.165, 1.54) is 0 Å². The maximum absolute atomic E-state index is 12.3. The van der Waals surface area contributed by atoms with Crippen LogP contribution in [0.5, 0.6) is 5.75 Å². The first kappa shape index (κ1) is 16.6. The molecule has 0 aliphatic rings. The van der Waals surface area contributed by atoms with Crippen molar-refractivity contribution in [1.82, 2.24) is 0 Å². The number of fused-ring (bicyclic) bond motifs is 1. The molecule has 0 spiro atoms. The van der Waals surface area contributed by atoms with Gasteiger partial charge in [0, 0.05) is 10.7 Å². The van der Waals surface area contributed by atoms with Crippen molar-refractivity contribution in [3.05, 3.63) is 70.7 Å². The Balaban J connectivity index is 1.70. The van der Waals surface area contributed by atoms with Crippen molar-refractivity contribution in [2.45, 2.75) is 13.0 Å². The number of benzene rings is 3. The number of anilines is 1. The average Bonchev–Trinajstić information content (AvgIpc) is 2.57. The second-order valence-corrected chi connectivity index (χ2v) is 6.23. The van der Waals surface area contributed by atoms with Crippen LogP contribution in [0.2, 0.25) is 10.0 Å². The Labute approximate surface area is 150 Å². The van der Waals surface area contributed by atoms with Gasteiger partial charge in [-0.05, 0) is 48.0 Å². The summed E-state index contributed by atoms with van der Waals surface area (Å²) < 4.78 is 5.62. The fraction of sp³-hybridized carbons (Fsp3) is 0.105. The van der Waals surface area contributed by atoms with Crippen LogP contribution in [0, 0.1) is 0 Å². The molecule has 3 aromatic carbocycles. The summed E-state index contributed by atoms with van der Waals surface area (Å²) in [5.74, 6) is 0.165.